The fraction of sp³-hybridized carbons (Fsp3) is 0. The Balaban J connectivity index is 2.28. The maximum atomic E-state index is 12.2. The van der Waals surface area contributed by atoms with Gasteiger partial charge in [0.25, 0.3) is 5.91 Å². The van der Waals surface area contributed by atoms with E-state index in [-0.39, 0.29) is 5.91 Å². The zero-order chi connectivity index (χ0) is 14.0. The van der Waals surface area contributed by atoms with E-state index in [4.69, 9.17) is 23.2 Å². The zero-order valence-electron chi connectivity index (χ0n) is 9.38. The van der Waals surface area contributed by atoms with Crippen molar-refractivity contribution in [2.24, 2.45) is 0 Å². The quantitative estimate of drug-likeness (QED) is 0.568. The maximum Gasteiger partial charge on any atom is 0.257 e. The third kappa shape index (κ3) is 3.84. The summed E-state index contributed by atoms with van der Waals surface area (Å²) in [5.41, 5.74) is 1.08. The number of hydrogen-bond acceptors (Lipinski definition) is 1. The summed E-state index contributed by atoms with van der Waals surface area (Å²) in [4.78, 5) is 12.2. The van der Waals surface area contributed by atoms with Crippen LogP contribution < -0.4 is 5.32 Å². The molecule has 2 nitrogen and oxygen atoms in total. The van der Waals surface area contributed by atoms with Crippen molar-refractivity contribution in [2.75, 3.05) is 5.32 Å². The van der Waals surface area contributed by atoms with Crippen LogP contribution in [0.1, 0.15) is 10.4 Å². The van der Waals surface area contributed by atoms with Crippen LogP contribution in [0.2, 0.25) is 10.0 Å². The van der Waals surface area contributed by atoms with Gasteiger partial charge in [0, 0.05) is 13.1 Å². The molecule has 0 aliphatic heterocycles. The van der Waals surface area contributed by atoms with Crippen LogP contribution in [0.15, 0.2) is 40.9 Å². The van der Waals surface area contributed by atoms with Gasteiger partial charge in [-0.25, -0.2) is 0 Å². The van der Waals surface area contributed by atoms with Gasteiger partial charge in [-0.15, -0.1) is 0 Å². The van der Waals surface area contributed by atoms with Gasteiger partial charge in [0.1, 0.15) is 0 Å². The highest BCUT2D eigenvalue weighted by Gasteiger charge is 2.12. The number of carbonyl (C=O) groups is 1. The second-order valence-electron chi connectivity index (χ2n) is 3.70. The molecule has 0 atom stereocenters. The topological polar surface area (TPSA) is 29.1 Å². The summed E-state index contributed by atoms with van der Waals surface area (Å²) in [6.07, 6.45) is 0. The summed E-state index contributed by atoms with van der Waals surface area (Å²) >= 11 is 17.4. The van der Waals surface area contributed by atoms with Crippen molar-refractivity contribution in [3.05, 3.63) is 60.0 Å². The Labute approximate surface area is 142 Å². The van der Waals surface area contributed by atoms with Gasteiger partial charge < -0.3 is 5.32 Å². The summed E-state index contributed by atoms with van der Waals surface area (Å²) in [5.74, 6) is -0.285. The van der Waals surface area contributed by atoms with Crippen LogP contribution in [0.3, 0.4) is 0 Å². The van der Waals surface area contributed by atoms with E-state index in [2.05, 4.69) is 43.8 Å². The van der Waals surface area contributed by atoms with Gasteiger partial charge in [-0.2, -0.15) is 0 Å². The molecule has 2 aromatic carbocycles. The largest absolute Gasteiger partial charge is 0.321 e. The predicted molar refractivity (Wildman–Crippen MR) is 91.3 cm³/mol. The molecule has 1 amide bonds. The van der Waals surface area contributed by atoms with E-state index in [1.54, 1.807) is 18.2 Å². The van der Waals surface area contributed by atoms with Crippen LogP contribution in [0.5, 0.6) is 0 Å². The summed E-state index contributed by atoms with van der Waals surface area (Å²) in [6, 6.07) is 10.4. The first kappa shape index (κ1) is 15.1. The van der Waals surface area contributed by atoms with Crippen molar-refractivity contribution in [3.63, 3.8) is 0 Å². The molecule has 98 valence electrons. The van der Waals surface area contributed by atoms with Crippen LogP contribution >= 0.6 is 61.7 Å². The lowest BCUT2D eigenvalue weighted by Crippen LogP contribution is -2.13. The Hall–Kier alpha value is -0.300. The second-order valence-corrected chi connectivity index (χ2v) is 6.62. The number of benzene rings is 2. The standard InChI is InChI=1S/C13H7BrCl2INO/c14-7-1-4-12(11(17)5-7)18-13(19)9-6-8(15)2-3-10(9)16/h1-6H,(H,18,19). The Bertz CT molecular complexity index is 649. The molecule has 0 radical (unpaired) electrons. The SMILES string of the molecule is O=C(Nc1ccc(Br)cc1I)c1cc(Cl)ccc1Cl. The van der Waals surface area contributed by atoms with Crippen molar-refractivity contribution in [1.29, 1.82) is 0 Å². The molecule has 0 heterocycles. The third-order valence-electron chi connectivity index (χ3n) is 2.35. The van der Waals surface area contributed by atoms with E-state index >= 15 is 0 Å². The van der Waals surface area contributed by atoms with Crippen molar-refractivity contribution in [2.45, 2.75) is 0 Å². The van der Waals surface area contributed by atoms with E-state index in [0.717, 1.165) is 13.7 Å². The van der Waals surface area contributed by atoms with Gasteiger partial charge in [0.15, 0.2) is 0 Å². The Morgan fingerprint density at radius 3 is 2.58 bits per heavy atom. The molecule has 0 saturated heterocycles. The first-order valence-corrected chi connectivity index (χ1v) is 7.81. The molecular formula is C13H7BrCl2INO. The number of nitrogens with one attached hydrogen (secondary N) is 1. The maximum absolute atomic E-state index is 12.2. The predicted octanol–water partition coefficient (Wildman–Crippen LogP) is 5.61. The number of rotatable bonds is 2. The minimum Gasteiger partial charge on any atom is -0.321 e. The third-order valence-corrected chi connectivity index (χ3v) is 4.30. The number of hydrogen-bond donors (Lipinski definition) is 1. The lowest BCUT2D eigenvalue weighted by atomic mass is 10.2. The smallest absolute Gasteiger partial charge is 0.257 e. The van der Waals surface area contributed by atoms with E-state index in [1.807, 2.05) is 18.2 Å². The molecule has 19 heavy (non-hydrogen) atoms. The van der Waals surface area contributed by atoms with E-state index in [0.29, 0.717) is 15.6 Å². The molecule has 2 rings (SSSR count). The average Bonchev–Trinajstić information content (AvgIpc) is 2.35. The minimum absolute atomic E-state index is 0.285. The normalized spacial score (nSPS) is 10.3. The Morgan fingerprint density at radius 2 is 1.89 bits per heavy atom. The fourth-order valence-corrected chi connectivity index (χ4v) is 3.27. The molecule has 6 heteroatoms. The molecule has 0 aliphatic rings. The number of anilines is 1. The highest BCUT2D eigenvalue weighted by molar-refractivity contribution is 14.1. The molecular weight excluding hydrogens is 464 g/mol. The van der Waals surface area contributed by atoms with Gasteiger partial charge in [0.2, 0.25) is 0 Å². The van der Waals surface area contributed by atoms with Crippen LogP contribution in [-0.4, -0.2) is 5.91 Å². The van der Waals surface area contributed by atoms with Gasteiger partial charge >= 0.3 is 0 Å². The van der Waals surface area contributed by atoms with Crippen LogP contribution in [0, 0.1) is 3.57 Å². The summed E-state index contributed by atoms with van der Waals surface area (Å²) in [7, 11) is 0. The highest BCUT2D eigenvalue weighted by atomic mass is 127. The van der Waals surface area contributed by atoms with Crippen molar-refractivity contribution < 1.29 is 4.79 Å². The molecule has 0 bridgehead atoms. The van der Waals surface area contributed by atoms with Crippen molar-refractivity contribution in [1.82, 2.24) is 0 Å². The molecule has 2 aromatic rings. The summed E-state index contributed by atoms with van der Waals surface area (Å²) in [6.45, 7) is 0. The van der Waals surface area contributed by atoms with E-state index in [9.17, 15) is 4.79 Å². The van der Waals surface area contributed by atoms with Gasteiger partial charge in [0.05, 0.1) is 16.3 Å². The monoisotopic (exact) mass is 469 g/mol. The van der Waals surface area contributed by atoms with E-state index in [1.165, 1.54) is 0 Å². The molecule has 0 unspecified atom stereocenters. The van der Waals surface area contributed by atoms with E-state index < -0.39 is 0 Å². The molecule has 0 fully saturated rings. The molecule has 0 aromatic heterocycles. The number of amides is 1. The highest BCUT2D eigenvalue weighted by Crippen LogP contribution is 2.25. The Kier molecular flexibility index (Phi) is 5.11. The van der Waals surface area contributed by atoms with Gasteiger partial charge in [-0.1, -0.05) is 39.1 Å². The minimum atomic E-state index is -0.285. The number of carbonyl (C=O) groups excluding carboxylic acids is 1. The van der Waals surface area contributed by atoms with Crippen LogP contribution in [0.25, 0.3) is 0 Å². The molecule has 0 saturated carbocycles. The lowest BCUT2D eigenvalue weighted by molar-refractivity contribution is 0.102. The number of halogens is 4. The molecule has 0 aliphatic carbocycles. The van der Waals surface area contributed by atoms with Gasteiger partial charge in [-0.05, 0) is 59.0 Å². The Morgan fingerprint density at radius 1 is 1.16 bits per heavy atom. The van der Waals surface area contributed by atoms with Gasteiger partial charge in [-0.3, -0.25) is 4.79 Å². The first-order valence-electron chi connectivity index (χ1n) is 5.19. The first-order chi connectivity index (χ1) is 8.97. The molecule has 0 spiro atoms. The average molecular weight is 471 g/mol. The van der Waals surface area contributed by atoms with Crippen LogP contribution in [-0.2, 0) is 0 Å². The summed E-state index contributed by atoms with van der Waals surface area (Å²) in [5, 5.41) is 3.65. The summed E-state index contributed by atoms with van der Waals surface area (Å²) < 4.78 is 1.88. The molecule has 1 N–H and O–H groups in total. The lowest BCUT2D eigenvalue weighted by Gasteiger charge is -2.09. The van der Waals surface area contributed by atoms with Crippen molar-refractivity contribution in [3.8, 4) is 0 Å². The second kappa shape index (κ2) is 6.43. The zero-order valence-corrected chi connectivity index (χ0v) is 14.6. The van der Waals surface area contributed by atoms with Crippen LogP contribution in [0.4, 0.5) is 5.69 Å². The van der Waals surface area contributed by atoms with Crippen molar-refractivity contribution >= 4 is 73.3 Å². The fourth-order valence-electron chi connectivity index (χ4n) is 1.45.